The van der Waals surface area contributed by atoms with E-state index in [1.165, 1.54) is 0 Å². The Labute approximate surface area is 98.2 Å². The van der Waals surface area contributed by atoms with Gasteiger partial charge in [0.15, 0.2) is 0 Å². The molecule has 0 radical (unpaired) electrons. The molecule has 0 spiro atoms. The molecule has 88 valence electrons. The van der Waals surface area contributed by atoms with Gasteiger partial charge in [0.1, 0.15) is 12.4 Å². The molecule has 0 saturated carbocycles. The first-order valence-electron chi connectivity index (χ1n) is 4.61. The highest BCUT2D eigenvalue weighted by atomic mass is 32.1. The van der Waals surface area contributed by atoms with Crippen LogP contribution in [0.4, 0.5) is 8.78 Å². The van der Waals surface area contributed by atoms with Crippen LogP contribution >= 0.6 is 12.2 Å². The fourth-order valence-electron chi connectivity index (χ4n) is 0.997. The van der Waals surface area contributed by atoms with E-state index in [2.05, 4.69) is 12.2 Å². The van der Waals surface area contributed by atoms with E-state index in [1.807, 2.05) is 0 Å². The average Bonchev–Trinajstić information content (AvgIpc) is 2.25. The van der Waals surface area contributed by atoms with Crippen LogP contribution in [0.5, 0.6) is 5.75 Å². The van der Waals surface area contributed by atoms with Crippen molar-refractivity contribution >= 4 is 17.3 Å². The fraction of sp³-hybridized carbons (Fsp3) is 0.364. The van der Waals surface area contributed by atoms with Crippen molar-refractivity contribution in [2.24, 2.45) is 0 Å². The van der Waals surface area contributed by atoms with Crippen molar-refractivity contribution in [2.75, 3.05) is 7.11 Å². The summed E-state index contributed by atoms with van der Waals surface area (Å²) in [6.07, 6.45) is 0. The zero-order chi connectivity index (χ0) is 12.2. The van der Waals surface area contributed by atoms with Crippen molar-refractivity contribution in [2.45, 2.75) is 19.5 Å². The maximum absolute atomic E-state index is 12.7. The lowest BCUT2D eigenvalue weighted by molar-refractivity contribution is 0.0684. The average molecular weight is 246 g/mol. The molecule has 0 N–H and O–H groups in total. The van der Waals surface area contributed by atoms with Crippen molar-refractivity contribution in [1.29, 1.82) is 0 Å². The van der Waals surface area contributed by atoms with Crippen molar-refractivity contribution in [1.82, 2.24) is 0 Å². The zero-order valence-electron chi connectivity index (χ0n) is 9.00. The van der Waals surface area contributed by atoms with E-state index in [-0.39, 0.29) is 6.61 Å². The van der Waals surface area contributed by atoms with Gasteiger partial charge < -0.3 is 9.47 Å². The highest BCUT2D eigenvalue weighted by Gasteiger charge is 2.29. The summed E-state index contributed by atoms with van der Waals surface area (Å²) >= 11 is 4.44. The molecule has 0 fully saturated rings. The van der Waals surface area contributed by atoms with Crippen LogP contribution in [0.2, 0.25) is 0 Å². The molecule has 0 saturated heterocycles. The van der Waals surface area contributed by atoms with Gasteiger partial charge in [0.2, 0.25) is 5.05 Å². The van der Waals surface area contributed by atoms with Crippen LogP contribution in [-0.2, 0) is 11.3 Å². The maximum Gasteiger partial charge on any atom is 0.311 e. The first-order valence-corrected chi connectivity index (χ1v) is 5.02. The number of thiocarbonyl (C=S) groups is 1. The molecular weight excluding hydrogens is 234 g/mol. The molecule has 5 heteroatoms. The molecule has 0 bridgehead atoms. The van der Waals surface area contributed by atoms with Gasteiger partial charge in [-0.2, -0.15) is 8.78 Å². The third-order valence-corrected chi connectivity index (χ3v) is 2.36. The monoisotopic (exact) mass is 246 g/mol. The minimum Gasteiger partial charge on any atom is -0.497 e. The lowest BCUT2D eigenvalue weighted by Crippen LogP contribution is -2.24. The number of hydrogen-bond acceptors (Lipinski definition) is 3. The summed E-state index contributed by atoms with van der Waals surface area (Å²) in [6, 6.07) is 6.92. The maximum atomic E-state index is 12.7. The molecule has 0 aromatic heterocycles. The number of rotatable bonds is 4. The predicted octanol–water partition coefficient (Wildman–Crippen LogP) is 3.19. The third-order valence-electron chi connectivity index (χ3n) is 1.89. The molecule has 0 aliphatic rings. The van der Waals surface area contributed by atoms with Gasteiger partial charge in [-0.3, -0.25) is 0 Å². The molecular formula is C11H12F2O2S. The van der Waals surface area contributed by atoms with Crippen LogP contribution in [-0.4, -0.2) is 18.1 Å². The molecule has 0 unspecified atom stereocenters. The van der Waals surface area contributed by atoms with Gasteiger partial charge in [-0.15, -0.1) is 0 Å². The normalized spacial score (nSPS) is 11.0. The Hall–Kier alpha value is -1.23. The van der Waals surface area contributed by atoms with Crippen LogP contribution in [0.25, 0.3) is 0 Å². The molecule has 1 aromatic carbocycles. The van der Waals surface area contributed by atoms with E-state index in [1.54, 1.807) is 31.4 Å². The smallest absolute Gasteiger partial charge is 0.311 e. The van der Waals surface area contributed by atoms with Crippen LogP contribution in [0.1, 0.15) is 12.5 Å². The SMILES string of the molecule is COc1ccc(COC(=S)C(C)(F)F)cc1. The fourth-order valence-corrected chi connectivity index (χ4v) is 1.06. The van der Waals surface area contributed by atoms with Crippen LogP contribution in [0.15, 0.2) is 24.3 Å². The molecule has 0 atom stereocenters. The molecule has 2 nitrogen and oxygen atoms in total. The molecule has 0 amide bonds. The van der Waals surface area contributed by atoms with Gasteiger partial charge >= 0.3 is 5.92 Å². The summed E-state index contributed by atoms with van der Waals surface area (Å²) in [5.41, 5.74) is 0.757. The second kappa shape index (κ2) is 5.21. The Morgan fingerprint density at radius 1 is 1.31 bits per heavy atom. The van der Waals surface area contributed by atoms with E-state index >= 15 is 0 Å². The first-order chi connectivity index (χ1) is 7.43. The van der Waals surface area contributed by atoms with Gasteiger partial charge in [0, 0.05) is 6.92 Å². The Bertz CT molecular complexity index is 357. The van der Waals surface area contributed by atoms with Crippen molar-refractivity contribution < 1.29 is 18.3 Å². The van der Waals surface area contributed by atoms with Crippen LogP contribution in [0, 0.1) is 0 Å². The standard InChI is InChI=1S/C11H12F2O2S/c1-11(12,13)10(16)15-7-8-3-5-9(14-2)6-4-8/h3-6H,7H2,1-2H3. The van der Waals surface area contributed by atoms with Gasteiger partial charge in [-0.05, 0) is 29.9 Å². The molecule has 0 aliphatic carbocycles. The molecule has 16 heavy (non-hydrogen) atoms. The lowest BCUT2D eigenvalue weighted by Gasteiger charge is -2.13. The largest absolute Gasteiger partial charge is 0.497 e. The second-order valence-corrected chi connectivity index (χ2v) is 3.68. The Balaban J connectivity index is 2.52. The van der Waals surface area contributed by atoms with E-state index < -0.39 is 11.0 Å². The van der Waals surface area contributed by atoms with E-state index in [4.69, 9.17) is 9.47 Å². The van der Waals surface area contributed by atoms with Crippen molar-refractivity contribution in [3.05, 3.63) is 29.8 Å². The molecule has 1 rings (SSSR count). The Kier molecular flexibility index (Phi) is 4.18. The van der Waals surface area contributed by atoms with Crippen molar-refractivity contribution in [3.63, 3.8) is 0 Å². The summed E-state index contributed by atoms with van der Waals surface area (Å²) < 4.78 is 35.1. The minimum absolute atomic E-state index is 0.0340. The van der Waals surface area contributed by atoms with E-state index in [9.17, 15) is 8.78 Å². The first kappa shape index (κ1) is 12.8. The number of alkyl halides is 2. The van der Waals surface area contributed by atoms with Crippen LogP contribution in [0.3, 0.4) is 0 Å². The lowest BCUT2D eigenvalue weighted by atomic mass is 10.2. The number of benzene rings is 1. The van der Waals surface area contributed by atoms with Crippen molar-refractivity contribution in [3.8, 4) is 5.75 Å². The Morgan fingerprint density at radius 3 is 2.31 bits per heavy atom. The number of hydrogen-bond donors (Lipinski definition) is 0. The van der Waals surface area contributed by atoms with Gasteiger partial charge in [-0.1, -0.05) is 12.1 Å². The number of methoxy groups -OCH3 is 1. The zero-order valence-corrected chi connectivity index (χ0v) is 9.81. The number of halogens is 2. The number of ether oxygens (including phenoxy) is 2. The summed E-state index contributed by atoms with van der Waals surface area (Å²) in [5, 5.41) is -0.691. The molecule has 0 aliphatic heterocycles. The van der Waals surface area contributed by atoms with E-state index in [0.717, 1.165) is 5.56 Å². The predicted molar refractivity (Wildman–Crippen MR) is 61.0 cm³/mol. The minimum atomic E-state index is -3.08. The van der Waals surface area contributed by atoms with Crippen LogP contribution < -0.4 is 4.74 Å². The second-order valence-electron chi connectivity index (χ2n) is 3.31. The van der Waals surface area contributed by atoms with E-state index in [0.29, 0.717) is 12.7 Å². The van der Waals surface area contributed by atoms with Gasteiger partial charge in [0.05, 0.1) is 7.11 Å². The Morgan fingerprint density at radius 2 is 1.88 bits per heavy atom. The highest BCUT2D eigenvalue weighted by molar-refractivity contribution is 7.80. The van der Waals surface area contributed by atoms with Gasteiger partial charge in [-0.25, -0.2) is 0 Å². The highest BCUT2D eigenvalue weighted by Crippen LogP contribution is 2.17. The summed E-state index contributed by atoms with van der Waals surface area (Å²) in [6.45, 7) is 0.746. The topological polar surface area (TPSA) is 18.5 Å². The quantitative estimate of drug-likeness (QED) is 0.760. The third kappa shape index (κ3) is 3.73. The summed E-state index contributed by atoms with van der Waals surface area (Å²) in [4.78, 5) is 0. The summed E-state index contributed by atoms with van der Waals surface area (Å²) in [7, 11) is 1.55. The summed E-state index contributed by atoms with van der Waals surface area (Å²) in [5.74, 6) is -2.38. The molecule has 0 heterocycles. The molecule has 1 aromatic rings. The van der Waals surface area contributed by atoms with Gasteiger partial charge in [0.25, 0.3) is 0 Å².